The average Bonchev–Trinajstić information content (AvgIpc) is 2.01. The van der Waals surface area contributed by atoms with E-state index in [-0.39, 0.29) is 10.4 Å². The van der Waals surface area contributed by atoms with E-state index in [0.29, 0.717) is 5.71 Å². The van der Waals surface area contributed by atoms with Gasteiger partial charge >= 0.3 is 0 Å². The zero-order chi connectivity index (χ0) is 9.30. The lowest BCUT2D eigenvalue weighted by atomic mass is 10.0. The molecule has 1 rings (SSSR count). The van der Waals surface area contributed by atoms with Gasteiger partial charge in [0, 0.05) is 5.71 Å². The molecule has 0 bridgehead atoms. The predicted molar refractivity (Wildman–Crippen MR) is 49.1 cm³/mol. The van der Waals surface area contributed by atoms with Crippen molar-refractivity contribution in [1.82, 2.24) is 0 Å². The lowest BCUT2D eigenvalue weighted by molar-refractivity contribution is -0.114. The number of aliphatic imine (C=N–C) groups is 1. The minimum atomic E-state index is -0.428. The van der Waals surface area contributed by atoms with Gasteiger partial charge in [0.1, 0.15) is 11.6 Å². The molecule has 0 saturated heterocycles. The van der Waals surface area contributed by atoms with Gasteiger partial charge in [-0.15, -0.1) is 0 Å². The largest absolute Gasteiger partial charge is 0.287 e. The maximum atomic E-state index is 11.1. The maximum absolute atomic E-state index is 11.1. The van der Waals surface area contributed by atoms with Crippen LogP contribution < -0.4 is 0 Å². The Morgan fingerprint density at radius 1 is 1.58 bits per heavy atom. The monoisotopic (exact) mass is 226 g/mol. The standard InChI is InChI=1S/C8H7BrN2O/c1-4-6(3-10)8(12)11-5(2)7(4)9/h7H,1-2H3. The molecule has 1 unspecified atom stereocenters. The van der Waals surface area contributed by atoms with Crippen LogP contribution in [0, 0.1) is 11.3 Å². The highest BCUT2D eigenvalue weighted by Crippen LogP contribution is 2.22. The quantitative estimate of drug-likeness (QED) is 0.590. The number of alkyl halides is 1. The summed E-state index contributed by atoms with van der Waals surface area (Å²) in [6, 6.07) is 1.85. The Kier molecular flexibility index (Phi) is 2.43. The molecule has 0 spiro atoms. The Labute approximate surface area is 78.9 Å². The summed E-state index contributed by atoms with van der Waals surface area (Å²) >= 11 is 3.34. The highest BCUT2D eigenvalue weighted by Gasteiger charge is 2.24. The summed E-state index contributed by atoms with van der Waals surface area (Å²) in [5.41, 5.74) is 1.61. The zero-order valence-electron chi connectivity index (χ0n) is 6.76. The van der Waals surface area contributed by atoms with E-state index in [9.17, 15) is 4.79 Å². The first-order valence-corrected chi connectivity index (χ1v) is 4.34. The maximum Gasteiger partial charge on any atom is 0.287 e. The van der Waals surface area contributed by atoms with Gasteiger partial charge in [-0.25, -0.2) is 4.99 Å². The number of allylic oxidation sites excluding steroid dienone is 1. The molecule has 1 aliphatic heterocycles. The summed E-state index contributed by atoms with van der Waals surface area (Å²) in [6.07, 6.45) is 0. The van der Waals surface area contributed by atoms with E-state index in [1.54, 1.807) is 13.8 Å². The molecule has 4 heteroatoms. The smallest absolute Gasteiger partial charge is 0.266 e. The van der Waals surface area contributed by atoms with Crippen LogP contribution in [0.2, 0.25) is 0 Å². The molecule has 1 aliphatic rings. The summed E-state index contributed by atoms with van der Waals surface area (Å²) in [7, 11) is 0. The van der Waals surface area contributed by atoms with Crippen LogP contribution >= 0.6 is 15.9 Å². The molecule has 0 N–H and O–H groups in total. The molecule has 12 heavy (non-hydrogen) atoms. The molecule has 3 nitrogen and oxygen atoms in total. The number of rotatable bonds is 0. The van der Waals surface area contributed by atoms with E-state index in [1.165, 1.54) is 0 Å². The number of carbonyl (C=O) groups excluding carboxylic acids is 1. The summed E-state index contributed by atoms with van der Waals surface area (Å²) in [6.45, 7) is 3.52. The molecular formula is C8H7BrN2O. The number of hydrogen-bond acceptors (Lipinski definition) is 2. The third-order valence-electron chi connectivity index (χ3n) is 1.74. The van der Waals surface area contributed by atoms with Gasteiger partial charge in [0.05, 0.1) is 4.83 Å². The molecule has 62 valence electrons. The van der Waals surface area contributed by atoms with Gasteiger partial charge < -0.3 is 0 Å². The second-order valence-corrected chi connectivity index (χ2v) is 3.51. The number of nitriles is 1. The van der Waals surface area contributed by atoms with Crippen LogP contribution in [0.5, 0.6) is 0 Å². The van der Waals surface area contributed by atoms with Crippen LogP contribution in [0.3, 0.4) is 0 Å². The van der Waals surface area contributed by atoms with E-state index in [0.717, 1.165) is 5.57 Å². The van der Waals surface area contributed by atoms with Gasteiger partial charge in [-0.1, -0.05) is 15.9 Å². The lowest BCUT2D eigenvalue weighted by Gasteiger charge is -2.15. The van der Waals surface area contributed by atoms with Crippen molar-refractivity contribution < 1.29 is 4.79 Å². The van der Waals surface area contributed by atoms with E-state index < -0.39 is 5.91 Å². The minimum absolute atomic E-state index is 0.0650. The third kappa shape index (κ3) is 1.32. The molecular weight excluding hydrogens is 220 g/mol. The van der Waals surface area contributed by atoms with E-state index in [1.807, 2.05) is 6.07 Å². The van der Waals surface area contributed by atoms with Crippen LogP contribution in [0.4, 0.5) is 0 Å². The van der Waals surface area contributed by atoms with Crippen molar-refractivity contribution in [3.8, 4) is 6.07 Å². The summed E-state index contributed by atoms with van der Waals surface area (Å²) in [5, 5.41) is 8.62. The SMILES string of the molecule is CC1=NC(=O)C(C#N)=C(C)C1Br. The van der Waals surface area contributed by atoms with Crippen molar-refractivity contribution >= 4 is 27.5 Å². The van der Waals surface area contributed by atoms with Crippen molar-refractivity contribution in [2.75, 3.05) is 0 Å². The Morgan fingerprint density at radius 2 is 2.17 bits per heavy atom. The van der Waals surface area contributed by atoms with E-state index >= 15 is 0 Å². The number of nitrogens with zero attached hydrogens (tertiary/aromatic N) is 2. The predicted octanol–water partition coefficient (Wildman–Crippen LogP) is 1.59. The molecule has 0 aromatic rings. The number of carbonyl (C=O) groups is 1. The Balaban J connectivity index is 3.19. The summed E-state index contributed by atoms with van der Waals surface area (Å²) < 4.78 is 0. The molecule has 0 aliphatic carbocycles. The summed E-state index contributed by atoms with van der Waals surface area (Å²) in [5.74, 6) is -0.428. The van der Waals surface area contributed by atoms with E-state index in [2.05, 4.69) is 20.9 Å². The van der Waals surface area contributed by atoms with Gasteiger partial charge in [0.15, 0.2) is 0 Å². The highest BCUT2D eigenvalue weighted by molar-refractivity contribution is 9.10. The molecule has 0 aromatic carbocycles. The molecule has 1 atom stereocenters. The van der Waals surface area contributed by atoms with Crippen molar-refractivity contribution in [2.45, 2.75) is 18.7 Å². The van der Waals surface area contributed by atoms with E-state index in [4.69, 9.17) is 5.26 Å². The first kappa shape index (κ1) is 9.14. The number of dihydropyridines is 1. The second kappa shape index (κ2) is 3.20. The van der Waals surface area contributed by atoms with Crippen LogP contribution in [0.1, 0.15) is 13.8 Å². The minimum Gasteiger partial charge on any atom is -0.266 e. The average molecular weight is 227 g/mol. The van der Waals surface area contributed by atoms with Crippen LogP contribution in [-0.4, -0.2) is 16.4 Å². The molecule has 0 aromatic heterocycles. The van der Waals surface area contributed by atoms with Crippen LogP contribution in [0.25, 0.3) is 0 Å². The number of amides is 1. The fraction of sp³-hybridized carbons (Fsp3) is 0.375. The first-order valence-electron chi connectivity index (χ1n) is 3.42. The molecule has 1 heterocycles. The molecule has 0 saturated carbocycles. The van der Waals surface area contributed by atoms with Crippen molar-refractivity contribution in [3.63, 3.8) is 0 Å². The fourth-order valence-electron chi connectivity index (χ4n) is 1.02. The lowest BCUT2D eigenvalue weighted by Crippen LogP contribution is -2.22. The van der Waals surface area contributed by atoms with Crippen molar-refractivity contribution in [1.29, 1.82) is 5.26 Å². The zero-order valence-corrected chi connectivity index (χ0v) is 8.34. The number of hydrogen-bond donors (Lipinski definition) is 0. The Hall–Kier alpha value is -0.950. The second-order valence-electron chi connectivity index (χ2n) is 2.59. The van der Waals surface area contributed by atoms with Crippen molar-refractivity contribution in [3.05, 3.63) is 11.1 Å². The molecule has 1 amide bonds. The van der Waals surface area contributed by atoms with Crippen molar-refractivity contribution in [2.24, 2.45) is 4.99 Å². The topological polar surface area (TPSA) is 53.2 Å². The van der Waals surface area contributed by atoms with Crippen LogP contribution in [0.15, 0.2) is 16.1 Å². The van der Waals surface area contributed by atoms with Gasteiger partial charge in [0.2, 0.25) is 0 Å². The van der Waals surface area contributed by atoms with Gasteiger partial charge in [0.25, 0.3) is 5.91 Å². The van der Waals surface area contributed by atoms with Gasteiger partial charge in [-0.2, -0.15) is 5.26 Å². The Bertz CT molecular complexity index is 335. The summed E-state index contributed by atoms with van der Waals surface area (Å²) in [4.78, 5) is 14.8. The molecule has 0 radical (unpaired) electrons. The first-order chi connectivity index (χ1) is 5.57. The fourth-order valence-corrected chi connectivity index (χ4v) is 1.35. The molecule has 0 fully saturated rings. The number of halogens is 1. The van der Waals surface area contributed by atoms with Gasteiger partial charge in [-0.05, 0) is 19.4 Å². The third-order valence-corrected chi connectivity index (χ3v) is 3.09. The Morgan fingerprint density at radius 3 is 2.67 bits per heavy atom. The van der Waals surface area contributed by atoms with Gasteiger partial charge in [-0.3, -0.25) is 4.79 Å². The van der Waals surface area contributed by atoms with Crippen LogP contribution in [-0.2, 0) is 4.79 Å². The highest BCUT2D eigenvalue weighted by atomic mass is 79.9. The normalized spacial score (nSPS) is 23.7.